The second-order valence-electron chi connectivity index (χ2n) is 7.14. The Bertz CT molecular complexity index is 976. The van der Waals surface area contributed by atoms with Crippen LogP contribution in [0.15, 0.2) is 72.8 Å². The van der Waals surface area contributed by atoms with Crippen molar-refractivity contribution in [2.24, 2.45) is 0 Å². The third-order valence-electron chi connectivity index (χ3n) is 4.82. The summed E-state index contributed by atoms with van der Waals surface area (Å²) in [6.07, 6.45) is 0. The molecule has 0 unspecified atom stereocenters. The normalized spacial score (nSPS) is 11.9. The van der Waals surface area contributed by atoms with Crippen LogP contribution in [0, 0.1) is 13.8 Å². The number of hydrogen-bond acceptors (Lipinski definition) is 2. The average Bonchev–Trinajstić information content (AvgIpc) is 2.72. The van der Waals surface area contributed by atoms with Gasteiger partial charge in [0.05, 0.1) is 0 Å². The molecule has 0 aliphatic rings. The van der Waals surface area contributed by atoms with Crippen molar-refractivity contribution in [3.8, 4) is 5.75 Å². The van der Waals surface area contributed by atoms with E-state index in [1.165, 1.54) is 12.1 Å². The van der Waals surface area contributed by atoms with E-state index in [1.54, 1.807) is 12.1 Å². The van der Waals surface area contributed by atoms with E-state index in [-0.39, 0.29) is 24.2 Å². The average molecular weight is 411 g/mol. The lowest BCUT2D eigenvalue weighted by molar-refractivity contribution is -0.676. The fraction of sp³-hybridized carbons (Fsp3) is 0.208. The Hall–Kier alpha value is -3.25. The number of anilines is 1. The number of aryl methyl sites for hydroxylation is 2. The van der Waals surface area contributed by atoms with Gasteiger partial charge in [0.1, 0.15) is 11.8 Å². The summed E-state index contributed by atoms with van der Waals surface area (Å²) >= 11 is 0. The molecule has 3 aromatic carbocycles. The summed E-state index contributed by atoms with van der Waals surface area (Å²) in [6.45, 7) is 1.32. The number of ether oxygens (including phenoxy) is 1. The lowest BCUT2D eigenvalue weighted by Crippen LogP contribution is -2.87. The van der Waals surface area contributed by atoms with Gasteiger partial charge in [0, 0.05) is 16.8 Å². The first-order valence-electron chi connectivity index (χ1n) is 9.72. The molecule has 3 N–H and O–H groups in total. The molecule has 0 bridgehead atoms. The lowest BCUT2D eigenvalue weighted by Gasteiger charge is -2.17. The van der Waals surface area contributed by atoms with Crippen LogP contribution in [-0.2, 0) is 4.79 Å². The number of rotatable bonds is 8. The fourth-order valence-electron chi connectivity index (χ4n) is 3.36. The van der Waals surface area contributed by atoms with Gasteiger partial charge in [0.25, 0.3) is 5.91 Å². The highest BCUT2D eigenvalue weighted by Crippen LogP contribution is 2.22. The van der Waals surface area contributed by atoms with Crippen molar-refractivity contribution in [1.82, 2.24) is 0 Å². The van der Waals surface area contributed by atoms with Crippen LogP contribution in [0.5, 0.6) is 5.75 Å². The molecule has 30 heavy (non-hydrogen) atoms. The molecule has 0 spiro atoms. The number of nitrogens with one attached hydrogen (secondary N) is 1. The number of benzene rings is 3. The molecule has 1 amide bonds. The van der Waals surface area contributed by atoms with Gasteiger partial charge in [-0.3, -0.25) is 4.79 Å². The highest BCUT2D eigenvalue weighted by molar-refractivity contribution is 5.92. The molecular formula is C24H25F2N2O2+. The number of halogens is 2. The smallest absolute Gasteiger partial charge is 0.387 e. The molecule has 4 nitrogen and oxygen atoms in total. The number of hydrogen-bond donors (Lipinski definition) is 2. The first-order valence-corrected chi connectivity index (χ1v) is 9.72. The summed E-state index contributed by atoms with van der Waals surface area (Å²) in [4.78, 5) is 12.5. The third-order valence-corrected chi connectivity index (χ3v) is 4.82. The molecular weight excluding hydrogens is 386 g/mol. The van der Waals surface area contributed by atoms with Gasteiger partial charge in [-0.2, -0.15) is 8.78 Å². The van der Waals surface area contributed by atoms with Crippen molar-refractivity contribution < 1.29 is 23.6 Å². The van der Waals surface area contributed by atoms with Crippen molar-refractivity contribution in [2.75, 3.05) is 11.9 Å². The number of quaternary nitrogens is 1. The van der Waals surface area contributed by atoms with Crippen molar-refractivity contribution in [1.29, 1.82) is 0 Å². The monoisotopic (exact) mass is 411 g/mol. The molecule has 0 aliphatic carbocycles. The van der Waals surface area contributed by atoms with Crippen molar-refractivity contribution in [2.45, 2.75) is 26.5 Å². The first kappa shape index (κ1) is 21.5. The van der Waals surface area contributed by atoms with E-state index in [4.69, 9.17) is 0 Å². The van der Waals surface area contributed by atoms with Gasteiger partial charge < -0.3 is 15.4 Å². The Balaban J connectivity index is 1.72. The van der Waals surface area contributed by atoms with Crippen LogP contribution in [0.3, 0.4) is 0 Å². The predicted molar refractivity (Wildman–Crippen MR) is 113 cm³/mol. The Labute approximate surface area is 174 Å². The number of alkyl halides is 2. The quantitative estimate of drug-likeness (QED) is 0.584. The van der Waals surface area contributed by atoms with Gasteiger partial charge in [-0.25, -0.2) is 0 Å². The second kappa shape index (κ2) is 9.98. The van der Waals surface area contributed by atoms with Gasteiger partial charge in [0.2, 0.25) is 0 Å². The highest BCUT2D eigenvalue weighted by atomic mass is 19.3. The van der Waals surface area contributed by atoms with E-state index in [1.807, 2.05) is 67.7 Å². The molecule has 0 saturated carbocycles. The Morgan fingerprint density at radius 2 is 1.63 bits per heavy atom. The maximum atomic E-state index is 12.5. The molecule has 0 saturated heterocycles. The maximum Gasteiger partial charge on any atom is 0.387 e. The van der Waals surface area contributed by atoms with Crippen LogP contribution in [0.25, 0.3) is 0 Å². The molecule has 6 heteroatoms. The SMILES string of the molecule is Cc1ccc(NC(=O)C[NH2+][C@@H](c2ccccc2)c2ccc(OC(F)F)cc2)c(C)c1. The molecule has 3 rings (SSSR count). The minimum Gasteiger partial charge on any atom is -0.435 e. The van der Waals surface area contributed by atoms with E-state index in [0.29, 0.717) is 0 Å². The summed E-state index contributed by atoms with van der Waals surface area (Å²) in [6, 6.07) is 22.0. The highest BCUT2D eigenvalue weighted by Gasteiger charge is 2.19. The molecule has 156 valence electrons. The van der Waals surface area contributed by atoms with E-state index >= 15 is 0 Å². The van der Waals surface area contributed by atoms with E-state index in [0.717, 1.165) is 27.9 Å². The zero-order chi connectivity index (χ0) is 21.5. The topological polar surface area (TPSA) is 54.9 Å². The standard InChI is InChI=1S/C24H24F2N2O2/c1-16-8-13-21(17(2)14-16)28-22(29)15-27-23(18-6-4-3-5-7-18)19-9-11-20(12-10-19)30-24(25)26/h3-14,23-24,27H,15H2,1-2H3,(H,28,29)/p+1/t23-/m0/s1. The Kier molecular flexibility index (Phi) is 7.14. The van der Waals surface area contributed by atoms with Crippen LogP contribution in [0.4, 0.5) is 14.5 Å². The van der Waals surface area contributed by atoms with E-state index in [9.17, 15) is 13.6 Å². The third kappa shape index (κ3) is 5.87. The van der Waals surface area contributed by atoms with Crippen LogP contribution in [0.1, 0.15) is 28.3 Å². The second-order valence-corrected chi connectivity index (χ2v) is 7.14. The number of carbonyl (C=O) groups is 1. The molecule has 1 atom stereocenters. The van der Waals surface area contributed by atoms with Crippen LogP contribution in [0.2, 0.25) is 0 Å². The summed E-state index contributed by atoms with van der Waals surface area (Å²) in [5.41, 5.74) is 4.85. The predicted octanol–water partition coefficient (Wildman–Crippen LogP) is 4.20. The van der Waals surface area contributed by atoms with E-state index < -0.39 is 6.61 Å². The minimum absolute atomic E-state index is 0.105. The summed E-state index contributed by atoms with van der Waals surface area (Å²) in [7, 11) is 0. The van der Waals surface area contributed by atoms with Gasteiger partial charge in [-0.1, -0.05) is 48.0 Å². The zero-order valence-electron chi connectivity index (χ0n) is 16.9. The minimum atomic E-state index is -2.86. The molecule has 0 aliphatic heterocycles. The lowest BCUT2D eigenvalue weighted by atomic mass is 9.98. The number of carbonyl (C=O) groups excluding carboxylic acids is 1. The van der Waals surface area contributed by atoms with Crippen molar-refractivity contribution in [3.63, 3.8) is 0 Å². The van der Waals surface area contributed by atoms with Gasteiger partial charge >= 0.3 is 6.61 Å². The molecule has 0 aromatic heterocycles. The number of nitrogens with two attached hydrogens (primary N) is 1. The fourth-order valence-corrected chi connectivity index (χ4v) is 3.36. The van der Waals surface area contributed by atoms with Crippen LogP contribution < -0.4 is 15.4 Å². The van der Waals surface area contributed by atoms with E-state index in [2.05, 4.69) is 10.1 Å². The first-order chi connectivity index (χ1) is 14.4. The van der Waals surface area contributed by atoms with Crippen molar-refractivity contribution >= 4 is 11.6 Å². The molecule has 0 heterocycles. The largest absolute Gasteiger partial charge is 0.435 e. The Morgan fingerprint density at radius 3 is 2.27 bits per heavy atom. The molecule has 3 aromatic rings. The van der Waals surface area contributed by atoms with Crippen molar-refractivity contribution in [3.05, 3.63) is 95.1 Å². The van der Waals surface area contributed by atoms with Crippen LogP contribution >= 0.6 is 0 Å². The zero-order valence-corrected chi connectivity index (χ0v) is 16.9. The molecule has 0 fully saturated rings. The van der Waals surface area contributed by atoms with Gasteiger partial charge in [0.15, 0.2) is 6.54 Å². The maximum absolute atomic E-state index is 12.5. The van der Waals surface area contributed by atoms with Crippen LogP contribution in [-0.4, -0.2) is 19.1 Å². The summed E-state index contributed by atoms with van der Waals surface area (Å²) < 4.78 is 29.3. The van der Waals surface area contributed by atoms with Gasteiger partial charge in [-0.15, -0.1) is 0 Å². The Morgan fingerprint density at radius 1 is 0.967 bits per heavy atom. The molecule has 0 radical (unpaired) electrons. The number of amides is 1. The summed E-state index contributed by atoms with van der Waals surface area (Å²) in [5, 5.41) is 4.88. The van der Waals surface area contributed by atoms with Gasteiger partial charge in [-0.05, 0) is 49.7 Å². The summed E-state index contributed by atoms with van der Waals surface area (Å²) in [5.74, 6) is -0.00584.